The lowest BCUT2D eigenvalue weighted by molar-refractivity contribution is -0.384. The number of amides is 1. The fraction of sp³-hybridized carbons (Fsp3) is 0.211. The lowest BCUT2D eigenvalue weighted by Gasteiger charge is -2.09. The van der Waals surface area contributed by atoms with Gasteiger partial charge in [0.2, 0.25) is 5.82 Å². The quantitative estimate of drug-likeness (QED) is 0.521. The molecule has 138 valence electrons. The van der Waals surface area contributed by atoms with Gasteiger partial charge in [-0.3, -0.25) is 14.9 Å². The van der Waals surface area contributed by atoms with Crippen LogP contribution in [0.15, 0.2) is 47.1 Å². The smallest absolute Gasteiger partial charge is 0.270 e. The lowest BCUT2D eigenvalue weighted by Crippen LogP contribution is -2.13. The number of aryl methyl sites for hydroxylation is 2. The number of nitrogens with one attached hydrogen (secondary N) is 1. The molecule has 0 atom stereocenters. The van der Waals surface area contributed by atoms with E-state index in [-0.39, 0.29) is 17.1 Å². The first kappa shape index (κ1) is 18.2. The van der Waals surface area contributed by atoms with E-state index in [0.29, 0.717) is 5.69 Å². The predicted molar refractivity (Wildman–Crippen MR) is 99.5 cm³/mol. The maximum absolute atomic E-state index is 12.5. The number of nitrogens with zero attached hydrogens (tertiary/aromatic N) is 3. The van der Waals surface area contributed by atoms with Gasteiger partial charge in [-0.25, -0.2) is 4.63 Å². The Hall–Kier alpha value is -3.55. The maximum atomic E-state index is 12.5. The molecule has 0 aliphatic heterocycles. The Bertz CT molecular complexity index is 997. The van der Waals surface area contributed by atoms with Gasteiger partial charge in [0.1, 0.15) is 0 Å². The summed E-state index contributed by atoms with van der Waals surface area (Å²) in [5.74, 6) is -0.352. The van der Waals surface area contributed by atoms with Crippen molar-refractivity contribution in [2.45, 2.75) is 26.7 Å². The van der Waals surface area contributed by atoms with Gasteiger partial charge in [0.15, 0.2) is 5.69 Å². The van der Waals surface area contributed by atoms with E-state index in [0.717, 1.165) is 29.5 Å². The fourth-order valence-electron chi connectivity index (χ4n) is 2.76. The Balaban J connectivity index is 1.93. The molecule has 3 rings (SSSR count). The van der Waals surface area contributed by atoms with E-state index in [1.54, 1.807) is 0 Å². The van der Waals surface area contributed by atoms with Crippen LogP contribution in [0.1, 0.15) is 35.3 Å². The minimum absolute atomic E-state index is 0.149. The van der Waals surface area contributed by atoms with Crippen molar-refractivity contribution < 1.29 is 14.3 Å². The molecule has 0 saturated heterocycles. The highest BCUT2D eigenvalue weighted by Crippen LogP contribution is 2.30. The molecule has 27 heavy (non-hydrogen) atoms. The average molecular weight is 366 g/mol. The van der Waals surface area contributed by atoms with Crippen LogP contribution < -0.4 is 5.32 Å². The molecule has 1 aromatic heterocycles. The van der Waals surface area contributed by atoms with E-state index in [2.05, 4.69) is 28.6 Å². The molecule has 0 saturated carbocycles. The zero-order valence-corrected chi connectivity index (χ0v) is 14.9. The first-order valence-electron chi connectivity index (χ1n) is 8.54. The van der Waals surface area contributed by atoms with Crippen LogP contribution in [0.2, 0.25) is 0 Å². The zero-order valence-electron chi connectivity index (χ0n) is 14.9. The molecule has 0 aliphatic rings. The van der Waals surface area contributed by atoms with Crippen LogP contribution in [-0.2, 0) is 12.8 Å². The van der Waals surface area contributed by atoms with Gasteiger partial charge in [0, 0.05) is 23.3 Å². The molecule has 0 aliphatic carbocycles. The summed E-state index contributed by atoms with van der Waals surface area (Å²) in [6.07, 6.45) is 1.64. The van der Waals surface area contributed by atoms with E-state index < -0.39 is 10.8 Å². The van der Waals surface area contributed by atoms with Gasteiger partial charge in [-0.2, -0.15) is 0 Å². The lowest BCUT2D eigenvalue weighted by atomic mass is 9.98. The zero-order chi connectivity index (χ0) is 19.4. The highest BCUT2D eigenvalue weighted by atomic mass is 16.6. The van der Waals surface area contributed by atoms with Gasteiger partial charge in [0.05, 0.1) is 4.92 Å². The molecule has 8 heteroatoms. The minimum Gasteiger partial charge on any atom is -0.302 e. The molecule has 0 unspecified atom stereocenters. The van der Waals surface area contributed by atoms with Gasteiger partial charge < -0.3 is 5.32 Å². The summed E-state index contributed by atoms with van der Waals surface area (Å²) in [6, 6.07) is 11.6. The number of rotatable bonds is 6. The van der Waals surface area contributed by atoms with Gasteiger partial charge in [-0.05, 0) is 46.4 Å². The second kappa shape index (κ2) is 7.77. The Kier molecular flexibility index (Phi) is 5.25. The van der Waals surface area contributed by atoms with Crippen molar-refractivity contribution in [1.29, 1.82) is 0 Å². The summed E-state index contributed by atoms with van der Waals surface area (Å²) in [7, 11) is 0. The number of aromatic nitrogens is 2. The first-order chi connectivity index (χ1) is 13.0. The summed E-state index contributed by atoms with van der Waals surface area (Å²) in [5.41, 5.74) is 3.43. The fourth-order valence-corrected chi connectivity index (χ4v) is 2.76. The Labute approximate surface area is 155 Å². The average Bonchev–Trinajstić information content (AvgIpc) is 3.15. The summed E-state index contributed by atoms with van der Waals surface area (Å²) in [4.78, 5) is 22.9. The van der Waals surface area contributed by atoms with Crippen LogP contribution in [0.4, 0.5) is 11.5 Å². The number of hydrogen-bond acceptors (Lipinski definition) is 6. The molecule has 0 fully saturated rings. The van der Waals surface area contributed by atoms with E-state index in [1.165, 1.54) is 24.3 Å². The third kappa shape index (κ3) is 3.84. The Morgan fingerprint density at radius 3 is 2.67 bits per heavy atom. The molecule has 2 aromatic carbocycles. The van der Waals surface area contributed by atoms with Crippen molar-refractivity contribution in [3.8, 4) is 11.3 Å². The third-order valence-corrected chi connectivity index (χ3v) is 4.26. The molecular formula is C19H18N4O4. The number of carbonyl (C=O) groups is 1. The molecule has 1 N–H and O–H groups in total. The standard InChI is InChI=1S/C19H18N4O4/c1-3-12-8-9-13(4-2)16(10-12)17-18(22-27-21-17)20-19(24)14-6-5-7-15(11-14)23(25)26/h5-11H,3-4H2,1-2H3,(H,20,22,24). The Morgan fingerprint density at radius 2 is 1.96 bits per heavy atom. The van der Waals surface area contributed by atoms with Gasteiger partial charge >= 0.3 is 0 Å². The second-order valence-electron chi connectivity index (χ2n) is 5.92. The summed E-state index contributed by atoms with van der Waals surface area (Å²) < 4.78 is 4.85. The van der Waals surface area contributed by atoms with Crippen molar-refractivity contribution in [3.05, 3.63) is 69.3 Å². The number of carbonyl (C=O) groups excluding carboxylic acids is 1. The molecule has 0 bridgehead atoms. The molecule has 3 aromatic rings. The number of benzene rings is 2. The molecule has 0 spiro atoms. The Morgan fingerprint density at radius 1 is 1.15 bits per heavy atom. The number of nitro benzene ring substituents is 1. The summed E-state index contributed by atoms with van der Waals surface area (Å²) in [5, 5.41) is 21.3. The van der Waals surface area contributed by atoms with Crippen molar-refractivity contribution in [2.24, 2.45) is 0 Å². The van der Waals surface area contributed by atoms with Crippen LogP contribution in [0.3, 0.4) is 0 Å². The predicted octanol–water partition coefficient (Wildman–Crippen LogP) is 4.02. The summed E-state index contributed by atoms with van der Waals surface area (Å²) in [6.45, 7) is 4.08. The van der Waals surface area contributed by atoms with Gasteiger partial charge in [0.25, 0.3) is 11.6 Å². The van der Waals surface area contributed by atoms with Crippen molar-refractivity contribution in [2.75, 3.05) is 5.32 Å². The van der Waals surface area contributed by atoms with Crippen LogP contribution in [0.5, 0.6) is 0 Å². The van der Waals surface area contributed by atoms with E-state index in [4.69, 9.17) is 4.63 Å². The minimum atomic E-state index is -0.552. The van der Waals surface area contributed by atoms with Crippen LogP contribution >= 0.6 is 0 Å². The van der Waals surface area contributed by atoms with Gasteiger partial charge in [-0.15, -0.1) is 0 Å². The molecule has 0 radical (unpaired) electrons. The highest BCUT2D eigenvalue weighted by molar-refractivity contribution is 6.05. The number of anilines is 1. The largest absolute Gasteiger partial charge is 0.302 e. The SMILES string of the molecule is CCc1ccc(CC)c(-c2nonc2NC(=O)c2cccc([N+](=O)[O-])c2)c1. The van der Waals surface area contributed by atoms with E-state index >= 15 is 0 Å². The molecule has 1 heterocycles. The van der Waals surface area contributed by atoms with Gasteiger partial charge in [-0.1, -0.05) is 32.0 Å². The molecular weight excluding hydrogens is 348 g/mol. The van der Waals surface area contributed by atoms with Crippen molar-refractivity contribution >= 4 is 17.4 Å². The number of hydrogen-bond donors (Lipinski definition) is 1. The summed E-state index contributed by atoms with van der Waals surface area (Å²) >= 11 is 0. The third-order valence-electron chi connectivity index (χ3n) is 4.26. The van der Waals surface area contributed by atoms with Crippen LogP contribution in [0, 0.1) is 10.1 Å². The van der Waals surface area contributed by atoms with Crippen LogP contribution in [-0.4, -0.2) is 21.1 Å². The monoisotopic (exact) mass is 366 g/mol. The highest BCUT2D eigenvalue weighted by Gasteiger charge is 2.19. The molecule has 1 amide bonds. The van der Waals surface area contributed by atoms with Crippen molar-refractivity contribution in [1.82, 2.24) is 10.3 Å². The first-order valence-corrected chi connectivity index (χ1v) is 8.54. The van der Waals surface area contributed by atoms with Crippen LogP contribution in [0.25, 0.3) is 11.3 Å². The van der Waals surface area contributed by atoms with E-state index in [9.17, 15) is 14.9 Å². The second-order valence-corrected chi connectivity index (χ2v) is 5.92. The number of nitro groups is 1. The number of non-ortho nitro benzene ring substituents is 1. The molecule has 8 nitrogen and oxygen atoms in total. The maximum Gasteiger partial charge on any atom is 0.270 e. The topological polar surface area (TPSA) is 111 Å². The normalized spacial score (nSPS) is 10.6. The van der Waals surface area contributed by atoms with Crippen molar-refractivity contribution in [3.63, 3.8) is 0 Å². The van der Waals surface area contributed by atoms with E-state index in [1.807, 2.05) is 19.1 Å².